The van der Waals surface area contributed by atoms with Crippen molar-refractivity contribution in [2.45, 2.75) is 4.90 Å². The van der Waals surface area contributed by atoms with Crippen LogP contribution in [-0.2, 0) is 14.8 Å². The number of carbonyl (C=O) groups excluding carboxylic acids is 1. The summed E-state index contributed by atoms with van der Waals surface area (Å²) in [5.41, 5.74) is 0.339. The van der Waals surface area contributed by atoms with Gasteiger partial charge in [0.15, 0.2) is 0 Å². The molecule has 2 aromatic carbocycles. The van der Waals surface area contributed by atoms with Gasteiger partial charge >= 0.3 is 0 Å². The predicted molar refractivity (Wildman–Crippen MR) is 86.7 cm³/mol. The van der Waals surface area contributed by atoms with E-state index >= 15 is 0 Å². The minimum absolute atomic E-state index is 0.0519. The highest BCUT2D eigenvalue weighted by atomic mass is 35.5. The maximum Gasteiger partial charge on any atom is 0.244 e. The van der Waals surface area contributed by atoms with Crippen LogP contribution in [-0.4, -0.2) is 20.9 Å². The third-order valence-corrected chi connectivity index (χ3v) is 5.09. The minimum atomic E-state index is -4.05. The van der Waals surface area contributed by atoms with Gasteiger partial charge in [0.05, 0.1) is 16.6 Å². The van der Waals surface area contributed by atoms with E-state index < -0.39 is 28.3 Å². The number of amides is 1. The van der Waals surface area contributed by atoms with Crippen molar-refractivity contribution in [2.75, 3.05) is 11.9 Å². The molecule has 0 heterocycles. The Hall–Kier alpha value is -1.67. The summed E-state index contributed by atoms with van der Waals surface area (Å²) in [6.07, 6.45) is 0. The second kappa shape index (κ2) is 7.27. The van der Waals surface area contributed by atoms with E-state index in [1.807, 2.05) is 0 Å². The van der Waals surface area contributed by atoms with Gasteiger partial charge in [-0.15, -0.1) is 0 Å². The topological polar surface area (TPSA) is 75.3 Å². The lowest BCUT2D eigenvalue weighted by Crippen LogP contribution is -2.33. The molecule has 0 fully saturated rings. The molecule has 2 rings (SSSR count). The van der Waals surface area contributed by atoms with E-state index in [-0.39, 0.29) is 14.9 Å². The molecule has 0 aliphatic rings. The van der Waals surface area contributed by atoms with Gasteiger partial charge in [0.2, 0.25) is 15.9 Å². The van der Waals surface area contributed by atoms with Crippen molar-refractivity contribution in [3.05, 3.63) is 58.3 Å². The number of hydrogen-bond donors (Lipinski definition) is 2. The lowest BCUT2D eigenvalue weighted by Gasteiger charge is -2.10. The molecule has 0 bridgehead atoms. The highest BCUT2D eigenvalue weighted by Crippen LogP contribution is 2.28. The summed E-state index contributed by atoms with van der Waals surface area (Å²) in [6.45, 7) is -0.527. The molecule has 2 N–H and O–H groups in total. The predicted octanol–water partition coefficient (Wildman–Crippen LogP) is 3.05. The van der Waals surface area contributed by atoms with Crippen molar-refractivity contribution in [1.29, 1.82) is 0 Å². The zero-order chi connectivity index (χ0) is 17.0. The second-order valence-electron chi connectivity index (χ2n) is 4.43. The number of rotatable bonds is 5. The Bertz CT molecular complexity index is 806. The van der Waals surface area contributed by atoms with Crippen LogP contribution in [0.5, 0.6) is 0 Å². The Morgan fingerprint density at radius 2 is 1.61 bits per heavy atom. The number of carbonyl (C=O) groups is 1. The third kappa shape index (κ3) is 4.65. The number of halogens is 3. The van der Waals surface area contributed by atoms with Crippen LogP contribution in [0.4, 0.5) is 10.1 Å². The Labute approximate surface area is 142 Å². The molecule has 0 saturated heterocycles. The highest BCUT2D eigenvalue weighted by Gasteiger charge is 2.22. The molecule has 0 unspecified atom stereocenters. The SMILES string of the molecule is O=C(CNS(=O)(=O)c1c(Cl)cccc1Cl)Nc1ccc(F)cc1. The van der Waals surface area contributed by atoms with Crippen LogP contribution in [0.1, 0.15) is 0 Å². The average Bonchev–Trinajstić information content (AvgIpc) is 2.47. The van der Waals surface area contributed by atoms with E-state index in [9.17, 15) is 17.6 Å². The number of hydrogen-bond acceptors (Lipinski definition) is 3. The summed E-state index contributed by atoms with van der Waals surface area (Å²) in [7, 11) is -4.05. The first-order valence-electron chi connectivity index (χ1n) is 6.29. The first-order valence-corrected chi connectivity index (χ1v) is 8.52. The van der Waals surface area contributed by atoms with E-state index in [4.69, 9.17) is 23.2 Å². The van der Waals surface area contributed by atoms with E-state index in [0.717, 1.165) is 0 Å². The van der Waals surface area contributed by atoms with Gasteiger partial charge in [-0.1, -0.05) is 29.3 Å². The fourth-order valence-corrected chi connectivity index (χ4v) is 3.83. The Morgan fingerprint density at radius 1 is 1.04 bits per heavy atom. The summed E-state index contributed by atoms with van der Waals surface area (Å²) < 4.78 is 39.2. The Kier molecular flexibility index (Phi) is 5.59. The molecule has 5 nitrogen and oxygen atoms in total. The molecule has 2 aromatic rings. The van der Waals surface area contributed by atoms with Crippen molar-refractivity contribution < 1.29 is 17.6 Å². The summed E-state index contributed by atoms with van der Waals surface area (Å²) in [6, 6.07) is 9.30. The Morgan fingerprint density at radius 3 is 2.17 bits per heavy atom. The van der Waals surface area contributed by atoms with Gasteiger partial charge in [-0.25, -0.2) is 17.5 Å². The fraction of sp³-hybridized carbons (Fsp3) is 0.0714. The molecule has 1 amide bonds. The summed E-state index contributed by atoms with van der Waals surface area (Å²) in [5, 5.41) is 2.32. The smallest absolute Gasteiger partial charge is 0.244 e. The molecular formula is C14H11Cl2FN2O3S. The van der Waals surface area contributed by atoms with Crippen LogP contribution >= 0.6 is 23.2 Å². The maximum absolute atomic E-state index is 12.8. The van der Waals surface area contributed by atoms with Crippen molar-refractivity contribution in [1.82, 2.24) is 4.72 Å². The summed E-state index contributed by atoms with van der Waals surface area (Å²) in [4.78, 5) is 11.5. The Balaban J connectivity index is 2.04. The van der Waals surface area contributed by atoms with E-state index in [1.165, 1.54) is 42.5 Å². The number of anilines is 1. The first kappa shape index (κ1) is 17.7. The van der Waals surface area contributed by atoms with Crippen LogP contribution < -0.4 is 10.0 Å². The summed E-state index contributed by atoms with van der Waals surface area (Å²) >= 11 is 11.7. The first-order chi connectivity index (χ1) is 10.8. The molecule has 0 aliphatic carbocycles. The molecule has 122 valence electrons. The number of sulfonamides is 1. The monoisotopic (exact) mass is 376 g/mol. The van der Waals surface area contributed by atoms with Crippen LogP contribution in [0.15, 0.2) is 47.4 Å². The van der Waals surface area contributed by atoms with Gasteiger partial charge in [-0.3, -0.25) is 4.79 Å². The molecule has 0 atom stereocenters. The normalized spacial score (nSPS) is 11.3. The van der Waals surface area contributed by atoms with Gasteiger partial charge in [-0.2, -0.15) is 0 Å². The highest BCUT2D eigenvalue weighted by molar-refractivity contribution is 7.89. The van der Waals surface area contributed by atoms with E-state index in [1.54, 1.807) is 0 Å². The van der Waals surface area contributed by atoms with Crippen LogP contribution in [0.3, 0.4) is 0 Å². The molecular weight excluding hydrogens is 366 g/mol. The molecule has 0 spiro atoms. The van der Waals surface area contributed by atoms with Crippen LogP contribution in [0.25, 0.3) is 0 Å². The minimum Gasteiger partial charge on any atom is -0.325 e. The molecule has 9 heteroatoms. The third-order valence-electron chi connectivity index (χ3n) is 2.74. The van der Waals surface area contributed by atoms with Gasteiger partial charge in [0.1, 0.15) is 10.7 Å². The molecule has 0 radical (unpaired) electrons. The fourth-order valence-electron chi connectivity index (χ4n) is 1.71. The van der Waals surface area contributed by atoms with E-state index in [0.29, 0.717) is 5.69 Å². The molecule has 23 heavy (non-hydrogen) atoms. The number of nitrogens with one attached hydrogen (secondary N) is 2. The van der Waals surface area contributed by atoms with Gasteiger partial charge in [0, 0.05) is 5.69 Å². The van der Waals surface area contributed by atoms with Crippen molar-refractivity contribution in [3.8, 4) is 0 Å². The van der Waals surface area contributed by atoms with E-state index in [2.05, 4.69) is 10.0 Å². The van der Waals surface area contributed by atoms with Crippen LogP contribution in [0, 0.1) is 5.82 Å². The molecule has 0 saturated carbocycles. The summed E-state index contributed by atoms with van der Waals surface area (Å²) in [5.74, 6) is -1.07. The zero-order valence-electron chi connectivity index (χ0n) is 11.5. The molecule has 0 aliphatic heterocycles. The molecule has 0 aromatic heterocycles. The van der Waals surface area contributed by atoms with Gasteiger partial charge in [0.25, 0.3) is 0 Å². The van der Waals surface area contributed by atoms with Crippen molar-refractivity contribution >= 4 is 44.8 Å². The standard InChI is InChI=1S/C14H11Cl2FN2O3S/c15-11-2-1-3-12(16)14(11)23(21,22)18-8-13(20)19-10-6-4-9(17)5-7-10/h1-7,18H,8H2,(H,19,20). The largest absolute Gasteiger partial charge is 0.325 e. The average molecular weight is 377 g/mol. The lowest BCUT2D eigenvalue weighted by molar-refractivity contribution is -0.115. The van der Waals surface area contributed by atoms with Crippen molar-refractivity contribution in [3.63, 3.8) is 0 Å². The van der Waals surface area contributed by atoms with Gasteiger partial charge < -0.3 is 5.32 Å². The quantitative estimate of drug-likeness (QED) is 0.841. The number of benzene rings is 2. The lowest BCUT2D eigenvalue weighted by atomic mass is 10.3. The zero-order valence-corrected chi connectivity index (χ0v) is 13.8. The maximum atomic E-state index is 12.8. The second-order valence-corrected chi connectivity index (χ2v) is 6.95. The van der Waals surface area contributed by atoms with Gasteiger partial charge in [-0.05, 0) is 36.4 Å². The van der Waals surface area contributed by atoms with Crippen LogP contribution in [0.2, 0.25) is 10.0 Å². The van der Waals surface area contributed by atoms with Crippen molar-refractivity contribution in [2.24, 2.45) is 0 Å².